The van der Waals surface area contributed by atoms with Crippen molar-refractivity contribution in [2.24, 2.45) is 5.92 Å². The first-order valence-electron chi connectivity index (χ1n) is 8.05. The molecule has 1 aliphatic heterocycles. The number of benzene rings is 1. The highest BCUT2D eigenvalue weighted by Gasteiger charge is 2.21. The van der Waals surface area contributed by atoms with Crippen LogP contribution in [0.15, 0.2) is 23.6 Å². The van der Waals surface area contributed by atoms with E-state index >= 15 is 0 Å². The molecule has 1 saturated heterocycles. The second-order valence-electron chi connectivity index (χ2n) is 6.32. The number of halogens is 2. The molecule has 24 heavy (non-hydrogen) atoms. The van der Waals surface area contributed by atoms with Crippen LogP contribution < -0.4 is 10.2 Å². The minimum absolute atomic E-state index is 0.0641. The van der Waals surface area contributed by atoms with Crippen molar-refractivity contribution in [3.05, 3.63) is 35.2 Å². The zero-order chi connectivity index (χ0) is 17.1. The van der Waals surface area contributed by atoms with Gasteiger partial charge in [0.15, 0.2) is 23.3 Å². The Morgan fingerprint density at radius 3 is 2.79 bits per heavy atom. The van der Waals surface area contributed by atoms with Crippen molar-refractivity contribution in [1.82, 2.24) is 4.98 Å². The van der Waals surface area contributed by atoms with E-state index in [-0.39, 0.29) is 5.91 Å². The topological polar surface area (TPSA) is 46.4 Å². The Labute approximate surface area is 143 Å². The van der Waals surface area contributed by atoms with Crippen LogP contribution in [-0.2, 0) is 4.79 Å². The summed E-state index contributed by atoms with van der Waals surface area (Å²) < 4.78 is 26.3. The summed E-state index contributed by atoms with van der Waals surface area (Å²) in [6.07, 6.45) is 2.31. The van der Waals surface area contributed by atoms with Gasteiger partial charge in [0.1, 0.15) is 0 Å². The molecule has 1 fully saturated rings. The lowest BCUT2D eigenvalue weighted by atomic mass is 9.99. The molecule has 1 aliphatic rings. The Morgan fingerprint density at radius 2 is 2.08 bits per heavy atom. The number of carbonyl (C=O) groups is 1. The van der Waals surface area contributed by atoms with E-state index < -0.39 is 11.6 Å². The molecule has 0 radical (unpaired) electrons. The molecule has 0 saturated carbocycles. The van der Waals surface area contributed by atoms with Crippen LogP contribution in [0.4, 0.5) is 13.9 Å². The maximum absolute atomic E-state index is 13.3. The average Bonchev–Trinajstić information content (AvgIpc) is 3.00. The standard InChI is InChI=1S/C17H19F2N3OS/c1-11-4-6-22(7-5-11)9-16(23)21-17-20-15(10-24-17)12-2-3-13(18)14(19)8-12/h2-3,8,10-11H,4-7,9H2,1H3,(H,20,21,23)/p+1. The molecule has 0 spiro atoms. The molecule has 2 N–H and O–H groups in total. The van der Waals surface area contributed by atoms with E-state index in [4.69, 9.17) is 0 Å². The quantitative estimate of drug-likeness (QED) is 0.887. The fourth-order valence-corrected chi connectivity index (χ4v) is 3.59. The zero-order valence-electron chi connectivity index (χ0n) is 13.4. The molecule has 0 aliphatic carbocycles. The van der Waals surface area contributed by atoms with Gasteiger partial charge in [-0.3, -0.25) is 10.1 Å². The minimum Gasteiger partial charge on any atom is -0.327 e. The van der Waals surface area contributed by atoms with Gasteiger partial charge in [-0.05, 0) is 37.0 Å². The van der Waals surface area contributed by atoms with E-state index in [1.807, 2.05) is 0 Å². The Bertz CT molecular complexity index is 726. The number of nitrogens with zero attached hydrogens (tertiary/aromatic N) is 1. The number of nitrogens with one attached hydrogen (secondary N) is 2. The largest absolute Gasteiger partial charge is 0.327 e. The summed E-state index contributed by atoms with van der Waals surface area (Å²) in [5, 5.41) is 4.99. The second kappa shape index (κ2) is 7.36. The Balaban J connectivity index is 1.59. The van der Waals surface area contributed by atoms with Gasteiger partial charge < -0.3 is 4.90 Å². The smallest absolute Gasteiger partial charge is 0.281 e. The van der Waals surface area contributed by atoms with Gasteiger partial charge in [0.25, 0.3) is 5.91 Å². The predicted molar refractivity (Wildman–Crippen MR) is 90.1 cm³/mol. The Morgan fingerprint density at radius 1 is 1.33 bits per heavy atom. The van der Waals surface area contributed by atoms with Crippen molar-refractivity contribution in [3.63, 3.8) is 0 Å². The number of piperidine rings is 1. The monoisotopic (exact) mass is 352 g/mol. The molecule has 1 aromatic heterocycles. The molecule has 2 heterocycles. The predicted octanol–water partition coefficient (Wildman–Crippen LogP) is 2.34. The van der Waals surface area contributed by atoms with Gasteiger partial charge in [0, 0.05) is 10.9 Å². The van der Waals surface area contributed by atoms with Crippen molar-refractivity contribution >= 4 is 22.4 Å². The summed E-state index contributed by atoms with van der Waals surface area (Å²) in [4.78, 5) is 17.7. The number of anilines is 1. The summed E-state index contributed by atoms with van der Waals surface area (Å²) in [5.74, 6) is -1.12. The van der Waals surface area contributed by atoms with Crippen LogP contribution in [0.5, 0.6) is 0 Å². The minimum atomic E-state index is -0.908. The SMILES string of the molecule is CC1CC[NH+](CC(=O)Nc2nc(-c3ccc(F)c(F)c3)cs2)CC1. The van der Waals surface area contributed by atoms with Crippen molar-refractivity contribution in [2.75, 3.05) is 25.0 Å². The van der Waals surface area contributed by atoms with Crippen LogP contribution in [0.2, 0.25) is 0 Å². The lowest BCUT2D eigenvalue weighted by Crippen LogP contribution is -3.14. The maximum Gasteiger partial charge on any atom is 0.281 e. The number of carbonyl (C=O) groups excluding carboxylic acids is 1. The third-order valence-corrected chi connectivity index (χ3v) is 5.12. The highest BCUT2D eigenvalue weighted by molar-refractivity contribution is 7.14. The Hall–Kier alpha value is -1.86. The lowest BCUT2D eigenvalue weighted by Gasteiger charge is -2.26. The van der Waals surface area contributed by atoms with E-state index in [2.05, 4.69) is 17.2 Å². The van der Waals surface area contributed by atoms with Gasteiger partial charge in [-0.2, -0.15) is 0 Å². The molecule has 0 atom stereocenters. The highest BCUT2D eigenvalue weighted by Crippen LogP contribution is 2.26. The van der Waals surface area contributed by atoms with E-state index in [1.165, 1.54) is 22.3 Å². The number of aromatic nitrogens is 1. The summed E-state index contributed by atoms with van der Waals surface area (Å²) >= 11 is 1.28. The van der Waals surface area contributed by atoms with E-state index in [1.54, 1.807) is 5.38 Å². The highest BCUT2D eigenvalue weighted by atomic mass is 32.1. The van der Waals surface area contributed by atoms with Crippen LogP contribution in [0.25, 0.3) is 11.3 Å². The van der Waals surface area contributed by atoms with E-state index in [0.717, 1.165) is 44.0 Å². The van der Waals surface area contributed by atoms with Crippen LogP contribution in [0, 0.1) is 17.6 Å². The molecular formula is C17H20F2N3OS+. The maximum atomic E-state index is 13.3. The fraction of sp³-hybridized carbons (Fsp3) is 0.412. The van der Waals surface area contributed by atoms with Crippen LogP contribution >= 0.6 is 11.3 Å². The fourth-order valence-electron chi connectivity index (χ4n) is 2.86. The average molecular weight is 352 g/mol. The number of quaternary nitrogens is 1. The number of thiazole rings is 1. The van der Waals surface area contributed by atoms with Gasteiger partial charge in [0.2, 0.25) is 0 Å². The van der Waals surface area contributed by atoms with Crippen LogP contribution in [0.3, 0.4) is 0 Å². The normalized spacial score (nSPS) is 20.8. The molecule has 0 bridgehead atoms. The number of hydrogen-bond acceptors (Lipinski definition) is 3. The van der Waals surface area contributed by atoms with Gasteiger partial charge in [-0.25, -0.2) is 13.8 Å². The molecule has 1 aromatic carbocycles. The first kappa shape index (κ1) is 17.0. The zero-order valence-corrected chi connectivity index (χ0v) is 14.3. The first-order valence-corrected chi connectivity index (χ1v) is 8.93. The lowest BCUT2D eigenvalue weighted by molar-refractivity contribution is -0.897. The molecule has 3 rings (SSSR count). The van der Waals surface area contributed by atoms with Gasteiger partial charge in [-0.15, -0.1) is 11.3 Å². The Kier molecular flexibility index (Phi) is 5.20. The summed E-state index contributed by atoms with van der Waals surface area (Å²) in [5.41, 5.74) is 1.01. The molecule has 128 valence electrons. The molecule has 4 nitrogen and oxygen atoms in total. The van der Waals surface area contributed by atoms with Gasteiger partial charge in [0.05, 0.1) is 18.8 Å². The third kappa shape index (κ3) is 4.15. The molecule has 1 amide bonds. The summed E-state index contributed by atoms with van der Waals surface area (Å²) in [7, 11) is 0. The second-order valence-corrected chi connectivity index (χ2v) is 7.18. The van der Waals surface area contributed by atoms with Crippen molar-refractivity contribution in [3.8, 4) is 11.3 Å². The van der Waals surface area contributed by atoms with Gasteiger partial charge >= 0.3 is 0 Å². The molecular weight excluding hydrogens is 332 g/mol. The van der Waals surface area contributed by atoms with Crippen molar-refractivity contribution < 1.29 is 18.5 Å². The van der Waals surface area contributed by atoms with Crippen LogP contribution in [-0.4, -0.2) is 30.5 Å². The third-order valence-electron chi connectivity index (χ3n) is 4.36. The van der Waals surface area contributed by atoms with Crippen molar-refractivity contribution in [2.45, 2.75) is 19.8 Å². The van der Waals surface area contributed by atoms with E-state index in [9.17, 15) is 13.6 Å². The number of amides is 1. The molecule has 0 unspecified atom stereocenters. The first-order chi connectivity index (χ1) is 11.5. The van der Waals surface area contributed by atoms with Crippen molar-refractivity contribution in [1.29, 1.82) is 0 Å². The summed E-state index contributed by atoms with van der Waals surface area (Å²) in [6, 6.07) is 3.65. The number of hydrogen-bond donors (Lipinski definition) is 2. The van der Waals surface area contributed by atoms with Crippen LogP contribution in [0.1, 0.15) is 19.8 Å². The number of likely N-dealkylation sites (tertiary alicyclic amines) is 1. The molecule has 7 heteroatoms. The summed E-state index contributed by atoms with van der Waals surface area (Å²) in [6.45, 7) is 4.72. The number of rotatable bonds is 4. The molecule has 2 aromatic rings. The van der Waals surface area contributed by atoms with Gasteiger partial charge in [-0.1, -0.05) is 6.92 Å². The van der Waals surface area contributed by atoms with E-state index in [0.29, 0.717) is 22.9 Å².